The van der Waals surface area contributed by atoms with Crippen molar-refractivity contribution in [3.63, 3.8) is 0 Å². The lowest BCUT2D eigenvalue weighted by molar-refractivity contribution is -0.120. The van der Waals surface area contributed by atoms with Crippen LogP contribution in [0.2, 0.25) is 0 Å². The van der Waals surface area contributed by atoms with Crippen LogP contribution in [0.1, 0.15) is 59.8 Å². The highest BCUT2D eigenvalue weighted by Crippen LogP contribution is 2.30. The first-order valence-electron chi connectivity index (χ1n) is 9.36. The van der Waals surface area contributed by atoms with Gasteiger partial charge in [0.2, 0.25) is 5.91 Å². The number of amides is 1. The number of nitrogens with two attached hydrogens (primary N) is 2. The SMILES string of the molecule is CC(C)NC(=O)CNC(=C1CCC1)C(CCCN=C(N)N)NC(C)C. The maximum Gasteiger partial charge on any atom is 0.239 e. The molecule has 0 saturated heterocycles. The molecule has 25 heavy (non-hydrogen) atoms. The molecule has 0 radical (unpaired) electrons. The molecule has 7 heteroatoms. The van der Waals surface area contributed by atoms with Crippen LogP contribution in [-0.4, -0.2) is 43.1 Å². The summed E-state index contributed by atoms with van der Waals surface area (Å²) >= 11 is 0. The van der Waals surface area contributed by atoms with Crippen molar-refractivity contribution < 1.29 is 4.79 Å². The lowest BCUT2D eigenvalue weighted by Gasteiger charge is -2.31. The lowest BCUT2D eigenvalue weighted by Crippen LogP contribution is -2.45. The zero-order chi connectivity index (χ0) is 18.8. The number of allylic oxidation sites excluding steroid dienone is 1. The Balaban J connectivity index is 2.72. The summed E-state index contributed by atoms with van der Waals surface area (Å²) < 4.78 is 0. The number of hydrogen-bond acceptors (Lipinski definition) is 4. The summed E-state index contributed by atoms with van der Waals surface area (Å²) in [7, 11) is 0. The Morgan fingerprint density at radius 1 is 1.16 bits per heavy atom. The Kier molecular flexibility index (Phi) is 9.34. The first kappa shape index (κ1) is 21.3. The second kappa shape index (κ2) is 11.0. The van der Waals surface area contributed by atoms with Crippen LogP contribution in [0.4, 0.5) is 0 Å². The minimum absolute atomic E-state index is 0.0243. The van der Waals surface area contributed by atoms with E-state index in [1.165, 1.54) is 17.7 Å². The normalized spacial score (nSPS) is 14.9. The van der Waals surface area contributed by atoms with Crippen molar-refractivity contribution in [3.8, 4) is 0 Å². The molecule has 1 amide bonds. The van der Waals surface area contributed by atoms with Crippen molar-refractivity contribution in [2.75, 3.05) is 13.1 Å². The molecule has 144 valence electrons. The van der Waals surface area contributed by atoms with Crippen LogP contribution in [0.5, 0.6) is 0 Å². The van der Waals surface area contributed by atoms with Crippen LogP contribution >= 0.6 is 0 Å². The maximum absolute atomic E-state index is 12.0. The minimum Gasteiger partial charge on any atom is -0.378 e. The van der Waals surface area contributed by atoms with Crippen LogP contribution in [0, 0.1) is 0 Å². The summed E-state index contributed by atoms with van der Waals surface area (Å²) in [5, 5.41) is 9.95. The molecule has 0 spiro atoms. The van der Waals surface area contributed by atoms with Gasteiger partial charge in [-0.25, -0.2) is 0 Å². The zero-order valence-electron chi connectivity index (χ0n) is 16.2. The number of carbonyl (C=O) groups is 1. The molecule has 7 N–H and O–H groups in total. The predicted octanol–water partition coefficient (Wildman–Crippen LogP) is 0.959. The van der Waals surface area contributed by atoms with Gasteiger partial charge in [0, 0.05) is 30.4 Å². The predicted molar refractivity (Wildman–Crippen MR) is 104 cm³/mol. The van der Waals surface area contributed by atoms with Crippen molar-refractivity contribution in [2.24, 2.45) is 16.5 Å². The van der Waals surface area contributed by atoms with Crippen LogP contribution in [0.15, 0.2) is 16.3 Å². The first-order chi connectivity index (χ1) is 11.8. The molecule has 0 aromatic heterocycles. The van der Waals surface area contributed by atoms with Gasteiger partial charge < -0.3 is 27.4 Å². The molecular weight excluding hydrogens is 316 g/mol. The van der Waals surface area contributed by atoms with E-state index in [1.54, 1.807) is 0 Å². The molecule has 1 aliphatic carbocycles. The Morgan fingerprint density at radius 2 is 1.84 bits per heavy atom. The van der Waals surface area contributed by atoms with Gasteiger partial charge in [-0.1, -0.05) is 13.8 Å². The number of aliphatic imine (C=N–C) groups is 1. The number of nitrogens with one attached hydrogen (secondary N) is 3. The summed E-state index contributed by atoms with van der Waals surface area (Å²) in [6.45, 7) is 9.14. The van der Waals surface area contributed by atoms with E-state index >= 15 is 0 Å². The highest BCUT2D eigenvalue weighted by molar-refractivity contribution is 5.78. The Bertz CT molecular complexity index is 474. The van der Waals surface area contributed by atoms with Gasteiger partial charge in [-0.15, -0.1) is 0 Å². The van der Waals surface area contributed by atoms with E-state index in [0.29, 0.717) is 19.1 Å². The first-order valence-corrected chi connectivity index (χ1v) is 9.36. The Morgan fingerprint density at radius 3 is 2.32 bits per heavy atom. The lowest BCUT2D eigenvalue weighted by atomic mass is 9.87. The third-order valence-electron chi connectivity index (χ3n) is 4.06. The molecule has 1 aliphatic rings. The molecule has 1 saturated carbocycles. The topological polar surface area (TPSA) is 118 Å². The van der Waals surface area contributed by atoms with E-state index in [2.05, 4.69) is 34.8 Å². The van der Waals surface area contributed by atoms with Gasteiger partial charge >= 0.3 is 0 Å². The molecule has 0 heterocycles. The van der Waals surface area contributed by atoms with E-state index in [0.717, 1.165) is 25.7 Å². The summed E-state index contributed by atoms with van der Waals surface area (Å²) in [4.78, 5) is 16.1. The molecule has 0 aliphatic heterocycles. The third-order valence-corrected chi connectivity index (χ3v) is 4.06. The largest absolute Gasteiger partial charge is 0.378 e. The maximum atomic E-state index is 12.0. The molecule has 1 rings (SSSR count). The second-order valence-corrected chi connectivity index (χ2v) is 7.27. The van der Waals surface area contributed by atoms with Gasteiger partial charge in [-0.2, -0.15) is 0 Å². The van der Waals surface area contributed by atoms with Gasteiger partial charge in [0.15, 0.2) is 5.96 Å². The number of guanidine groups is 1. The van der Waals surface area contributed by atoms with Crippen LogP contribution in [0.25, 0.3) is 0 Å². The summed E-state index contributed by atoms with van der Waals surface area (Å²) in [6.07, 6.45) is 5.25. The summed E-state index contributed by atoms with van der Waals surface area (Å²) in [5.41, 5.74) is 13.4. The Labute approximate surface area is 152 Å². The molecule has 0 aromatic rings. The van der Waals surface area contributed by atoms with Crippen molar-refractivity contribution in [1.82, 2.24) is 16.0 Å². The van der Waals surface area contributed by atoms with Crippen LogP contribution < -0.4 is 27.4 Å². The smallest absolute Gasteiger partial charge is 0.239 e. The van der Waals surface area contributed by atoms with Crippen molar-refractivity contribution in [3.05, 3.63) is 11.3 Å². The Hall–Kier alpha value is -1.76. The van der Waals surface area contributed by atoms with Gasteiger partial charge in [-0.05, 0) is 51.5 Å². The van der Waals surface area contributed by atoms with Crippen LogP contribution in [0.3, 0.4) is 0 Å². The fourth-order valence-electron chi connectivity index (χ4n) is 2.88. The summed E-state index contributed by atoms with van der Waals surface area (Å²) in [6, 6.07) is 0.699. The highest BCUT2D eigenvalue weighted by atomic mass is 16.1. The monoisotopic (exact) mass is 352 g/mol. The fourth-order valence-corrected chi connectivity index (χ4v) is 2.88. The molecule has 1 unspecified atom stereocenters. The van der Waals surface area contributed by atoms with Crippen molar-refractivity contribution in [2.45, 2.75) is 77.9 Å². The number of hydrogen-bond donors (Lipinski definition) is 5. The van der Waals surface area contributed by atoms with Gasteiger partial charge in [0.25, 0.3) is 0 Å². The summed E-state index contributed by atoms with van der Waals surface area (Å²) in [5.74, 6) is 0.158. The number of carbonyl (C=O) groups excluding carboxylic acids is 1. The molecule has 7 nitrogen and oxygen atoms in total. The standard InChI is InChI=1S/C18H36N6O/c1-12(2)23-15(9-6-10-21-18(19)20)17(14-7-5-8-14)22-11-16(25)24-13(3)4/h12-13,15,22-23H,5-11H2,1-4H3,(H,24,25)(H4,19,20,21). The average molecular weight is 353 g/mol. The molecule has 1 fully saturated rings. The quantitative estimate of drug-likeness (QED) is 0.216. The highest BCUT2D eigenvalue weighted by Gasteiger charge is 2.23. The second-order valence-electron chi connectivity index (χ2n) is 7.27. The average Bonchev–Trinajstić information content (AvgIpc) is 2.43. The number of nitrogens with zero attached hydrogens (tertiary/aromatic N) is 1. The molecule has 0 bridgehead atoms. The van der Waals surface area contributed by atoms with E-state index in [9.17, 15) is 4.79 Å². The number of rotatable bonds is 11. The fraction of sp³-hybridized carbons (Fsp3) is 0.778. The van der Waals surface area contributed by atoms with E-state index in [4.69, 9.17) is 11.5 Å². The van der Waals surface area contributed by atoms with Crippen molar-refractivity contribution in [1.29, 1.82) is 0 Å². The minimum atomic E-state index is 0.0243. The van der Waals surface area contributed by atoms with E-state index in [1.807, 2.05) is 13.8 Å². The third kappa shape index (κ3) is 8.77. The molecule has 1 atom stereocenters. The van der Waals surface area contributed by atoms with Gasteiger partial charge in [0.05, 0.1) is 6.54 Å². The van der Waals surface area contributed by atoms with Crippen LogP contribution in [-0.2, 0) is 4.79 Å². The van der Waals surface area contributed by atoms with E-state index in [-0.39, 0.29) is 24.0 Å². The molecule has 0 aromatic carbocycles. The van der Waals surface area contributed by atoms with E-state index < -0.39 is 0 Å². The van der Waals surface area contributed by atoms with Gasteiger partial charge in [0.1, 0.15) is 0 Å². The molecular formula is C18H36N6O. The van der Waals surface area contributed by atoms with Crippen molar-refractivity contribution >= 4 is 11.9 Å². The van der Waals surface area contributed by atoms with Gasteiger partial charge in [-0.3, -0.25) is 9.79 Å². The zero-order valence-corrected chi connectivity index (χ0v) is 16.2.